The van der Waals surface area contributed by atoms with Crippen LogP contribution in [0.1, 0.15) is 31.7 Å². The van der Waals surface area contributed by atoms with Gasteiger partial charge < -0.3 is 15.0 Å². The number of ether oxygens (including phenoxy) is 1. The van der Waals surface area contributed by atoms with E-state index in [4.69, 9.17) is 4.74 Å². The van der Waals surface area contributed by atoms with Gasteiger partial charge in [-0.3, -0.25) is 0 Å². The molecule has 1 N–H and O–H groups in total. The molecule has 3 heteroatoms. The van der Waals surface area contributed by atoms with E-state index in [2.05, 4.69) is 22.3 Å². The van der Waals surface area contributed by atoms with Crippen molar-refractivity contribution in [1.29, 1.82) is 0 Å². The van der Waals surface area contributed by atoms with Gasteiger partial charge in [-0.2, -0.15) is 0 Å². The minimum atomic E-state index is 0.728. The van der Waals surface area contributed by atoms with Gasteiger partial charge in [-0.15, -0.1) is 0 Å². The molecule has 1 saturated heterocycles. The van der Waals surface area contributed by atoms with E-state index in [0.717, 1.165) is 25.4 Å². The monoisotopic (exact) mass is 262 g/mol. The molecular formula is C16H26N2O. The fourth-order valence-corrected chi connectivity index (χ4v) is 2.60. The maximum atomic E-state index is 5.63. The first-order valence-corrected chi connectivity index (χ1v) is 7.54. The number of nitrogens with zero attached hydrogens (tertiary/aromatic N) is 1. The molecule has 2 rings (SSSR count). The summed E-state index contributed by atoms with van der Waals surface area (Å²) in [6, 6.07) is 8.29. The lowest BCUT2D eigenvalue weighted by atomic mass is 10.2. The van der Waals surface area contributed by atoms with Crippen molar-refractivity contribution in [2.75, 3.05) is 32.8 Å². The molecule has 0 saturated carbocycles. The molecule has 0 unspecified atom stereocenters. The Morgan fingerprint density at radius 3 is 2.79 bits per heavy atom. The van der Waals surface area contributed by atoms with Crippen molar-refractivity contribution in [3.05, 3.63) is 29.8 Å². The Bertz CT molecular complexity index is 362. The second-order valence-electron chi connectivity index (χ2n) is 5.12. The second kappa shape index (κ2) is 8.18. The van der Waals surface area contributed by atoms with Crippen molar-refractivity contribution in [3.63, 3.8) is 0 Å². The molecule has 0 aliphatic carbocycles. The van der Waals surface area contributed by atoms with Crippen molar-refractivity contribution in [3.8, 4) is 5.75 Å². The van der Waals surface area contributed by atoms with Gasteiger partial charge in [0.05, 0.1) is 6.61 Å². The Kier molecular flexibility index (Phi) is 6.18. The van der Waals surface area contributed by atoms with E-state index in [1.807, 2.05) is 19.1 Å². The molecule has 1 aliphatic heterocycles. The lowest BCUT2D eigenvalue weighted by Gasteiger charge is -2.15. The molecule has 0 amide bonds. The highest BCUT2D eigenvalue weighted by atomic mass is 16.5. The fraction of sp³-hybridized carbons (Fsp3) is 0.625. The Morgan fingerprint density at radius 1 is 1.21 bits per heavy atom. The summed E-state index contributed by atoms with van der Waals surface area (Å²) < 4.78 is 5.63. The van der Waals surface area contributed by atoms with Gasteiger partial charge in [-0.25, -0.2) is 0 Å². The highest BCUT2D eigenvalue weighted by molar-refractivity contribution is 5.33. The van der Waals surface area contributed by atoms with Gasteiger partial charge in [0.1, 0.15) is 5.75 Å². The molecule has 19 heavy (non-hydrogen) atoms. The van der Waals surface area contributed by atoms with E-state index in [1.165, 1.54) is 44.5 Å². The van der Waals surface area contributed by atoms with Gasteiger partial charge >= 0.3 is 0 Å². The van der Waals surface area contributed by atoms with E-state index in [0.29, 0.717) is 0 Å². The van der Waals surface area contributed by atoms with Crippen molar-refractivity contribution in [2.24, 2.45) is 0 Å². The van der Waals surface area contributed by atoms with Crippen LogP contribution in [0.3, 0.4) is 0 Å². The summed E-state index contributed by atoms with van der Waals surface area (Å²) in [4.78, 5) is 2.57. The third-order valence-corrected chi connectivity index (χ3v) is 3.61. The number of benzene rings is 1. The maximum absolute atomic E-state index is 5.63. The van der Waals surface area contributed by atoms with Crippen LogP contribution in [0.4, 0.5) is 0 Å². The number of hydrogen-bond acceptors (Lipinski definition) is 3. The Morgan fingerprint density at radius 2 is 2.00 bits per heavy atom. The standard InChI is InChI=1S/C16H26N2O/c1-2-19-16-9-4-3-8-15(16)14-17-10-7-13-18-11-5-6-12-18/h3-4,8-9,17H,2,5-7,10-14H2,1H3. The van der Waals surface area contributed by atoms with Crippen LogP contribution in [-0.4, -0.2) is 37.7 Å². The SMILES string of the molecule is CCOc1ccccc1CNCCCN1CCCC1. The van der Waals surface area contributed by atoms with Crippen LogP contribution in [0.25, 0.3) is 0 Å². The summed E-state index contributed by atoms with van der Waals surface area (Å²) in [5, 5.41) is 3.52. The van der Waals surface area contributed by atoms with Crippen LogP contribution in [0, 0.1) is 0 Å². The molecule has 1 aromatic rings. The van der Waals surface area contributed by atoms with Crippen molar-refractivity contribution in [1.82, 2.24) is 10.2 Å². The molecule has 0 atom stereocenters. The van der Waals surface area contributed by atoms with Gasteiger partial charge in [-0.05, 0) is 58.4 Å². The zero-order chi connectivity index (χ0) is 13.3. The minimum Gasteiger partial charge on any atom is -0.494 e. The van der Waals surface area contributed by atoms with Gasteiger partial charge in [0.15, 0.2) is 0 Å². The molecule has 106 valence electrons. The van der Waals surface area contributed by atoms with E-state index >= 15 is 0 Å². The predicted molar refractivity (Wildman–Crippen MR) is 79.6 cm³/mol. The molecule has 1 fully saturated rings. The van der Waals surface area contributed by atoms with E-state index < -0.39 is 0 Å². The number of rotatable bonds is 8. The lowest BCUT2D eigenvalue weighted by Crippen LogP contribution is -2.24. The molecule has 1 aliphatic rings. The van der Waals surface area contributed by atoms with Crippen molar-refractivity contribution < 1.29 is 4.74 Å². The summed E-state index contributed by atoms with van der Waals surface area (Å²) in [5.74, 6) is 1.01. The molecule has 0 bridgehead atoms. The van der Waals surface area contributed by atoms with Crippen LogP contribution in [-0.2, 0) is 6.54 Å². The summed E-state index contributed by atoms with van der Waals surface area (Å²) in [6.07, 6.45) is 4.00. The van der Waals surface area contributed by atoms with Gasteiger partial charge in [0.25, 0.3) is 0 Å². The van der Waals surface area contributed by atoms with Crippen molar-refractivity contribution in [2.45, 2.75) is 32.7 Å². The van der Waals surface area contributed by atoms with E-state index in [-0.39, 0.29) is 0 Å². The second-order valence-corrected chi connectivity index (χ2v) is 5.12. The zero-order valence-electron chi connectivity index (χ0n) is 12.0. The minimum absolute atomic E-state index is 0.728. The third-order valence-electron chi connectivity index (χ3n) is 3.61. The van der Waals surface area contributed by atoms with Gasteiger partial charge in [0.2, 0.25) is 0 Å². The molecule has 0 radical (unpaired) electrons. The van der Waals surface area contributed by atoms with Crippen LogP contribution in [0.5, 0.6) is 5.75 Å². The average Bonchev–Trinajstić information content (AvgIpc) is 2.94. The van der Waals surface area contributed by atoms with E-state index in [1.54, 1.807) is 0 Å². The molecule has 1 aromatic carbocycles. The maximum Gasteiger partial charge on any atom is 0.123 e. The molecule has 3 nitrogen and oxygen atoms in total. The third kappa shape index (κ3) is 4.84. The molecule has 0 spiro atoms. The number of para-hydroxylation sites is 1. The molecule has 0 aromatic heterocycles. The highest BCUT2D eigenvalue weighted by Gasteiger charge is 2.10. The molecular weight excluding hydrogens is 236 g/mol. The quantitative estimate of drug-likeness (QED) is 0.729. The zero-order valence-corrected chi connectivity index (χ0v) is 12.0. The molecule has 1 heterocycles. The van der Waals surface area contributed by atoms with Gasteiger partial charge in [-0.1, -0.05) is 18.2 Å². The Balaban J connectivity index is 1.64. The number of likely N-dealkylation sites (tertiary alicyclic amines) is 1. The summed E-state index contributed by atoms with van der Waals surface area (Å²) in [6.45, 7) is 8.57. The average molecular weight is 262 g/mol. The smallest absolute Gasteiger partial charge is 0.123 e. The summed E-state index contributed by atoms with van der Waals surface area (Å²) in [5.41, 5.74) is 1.26. The van der Waals surface area contributed by atoms with Crippen molar-refractivity contribution >= 4 is 0 Å². The van der Waals surface area contributed by atoms with Crippen LogP contribution in [0.15, 0.2) is 24.3 Å². The Labute approximate surface area is 116 Å². The summed E-state index contributed by atoms with van der Waals surface area (Å²) in [7, 11) is 0. The normalized spacial score (nSPS) is 15.8. The lowest BCUT2D eigenvalue weighted by molar-refractivity contribution is 0.328. The Hall–Kier alpha value is -1.06. The number of nitrogens with one attached hydrogen (secondary N) is 1. The first-order chi connectivity index (χ1) is 9.40. The van der Waals surface area contributed by atoms with Crippen LogP contribution in [0.2, 0.25) is 0 Å². The first-order valence-electron chi connectivity index (χ1n) is 7.54. The van der Waals surface area contributed by atoms with Crippen LogP contribution >= 0.6 is 0 Å². The number of hydrogen-bond donors (Lipinski definition) is 1. The fourth-order valence-electron chi connectivity index (χ4n) is 2.60. The van der Waals surface area contributed by atoms with Crippen LogP contribution < -0.4 is 10.1 Å². The predicted octanol–water partition coefficient (Wildman–Crippen LogP) is 2.66. The topological polar surface area (TPSA) is 24.5 Å². The van der Waals surface area contributed by atoms with E-state index in [9.17, 15) is 0 Å². The summed E-state index contributed by atoms with van der Waals surface area (Å²) >= 11 is 0. The highest BCUT2D eigenvalue weighted by Crippen LogP contribution is 2.17. The first kappa shape index (κ1) is 14.4. The van der Waals surface area contributed by atoms with Gasteiger partial charge in [0, 0.05) is 12.1 Å². The largest absolute Gasteiger partial charge is 0.494 e.